The summed E-state index contributed by atoms with van der Waals surface area (Å²) in [6, 6.07) is 1.77. The Morgan fingerprint density at radius 3 is 2.54 bits per heavy atom. The highest BCUT2D eigenvalue weighted by Crippen LogP contribution is 2.18. The third-order valence-corrected chi connectivity index (χ3v) is 2.66. The van der Waals surface area contributed by atoms with Gasteiger partial charge in [0, 0.05) is 15.8 Å². The second kappa shape index (κ2) is 3.72. The van der Waals surface area contributed by atoms with Crippen molar-refractivity contribution in [1.29, 1.82) is 0 Å². The number of amides is 1. The summed E-state index contributed by atoms with van der Waals surface area (Å²) in [5, 5.41) is 4.73. The van der Waals surface area contributed by atoms with E-state index in [1.807, 2.05) is 26.2 Å². The minimum Gasteiger partial charge on any atom is -0.347 e. The molecule has 0 bridgehead atoms. The second-order valence-corrected chi connectivity index (χ2v) is 5.30. The Balaban J connectivity index is 2.70. The highest BCUT2D eigenvalue weighted by atomic mass is 32.1. The molecule has 1 aromatic rings. The van der Waals surface area contributed by atoms with Crippen LogP contribution in [0.5, 0.6) is 0 Å². The quantitative estimate of drug-likeness (QED) is 0.693. The number of hydrogen-bond donors (Lipinski definition) is 2. The van der Waals surface area contributed by atoms with Gasteiger partial charge >= 0.3 is 0 Å². The van der Waals surface area contributed by atoms with E-state index in [2.05, 4.69) is 17.9 Å². The molecule has 0 unspecified atom stereocenters. The summed E-state index contributed by atoms with van der Waals surface area (Å²) in [5.74, 6) is -0.0298. The highest BCUT2D eigenvalue weighted by molar-refractivity contribution is 7.80. The van der Waals surface area contributed by atoms with Gasteiger partial charge in [0.25, 0.3) is 5.91 Å². The Kier molecular flexibility index (Phi) is 3.03. The lowest BCUT2D eigenvalue weighted by atomic mass is 10.1. The zero-order valence-corrected chi connectivity index (χ0v) is 9.63. The van der Waals surface area contributed by atoms with Crippen molar-refractivity contribution < 1.29 is 4.79 Å². The summed E-state index contributed by atoms with van der Waals surface area (Å²) in [4.78, 5) is 13.1. The van der Waals surface area contributed by atoms with Crippen molar-refractivity contribution in [2.24, 2.45) is 0 Å². The molecule has 0 radical (unpaired) electrons. The molecule has 0 aliphatic heterocycles. The van der Waals surface area contributed by atoms with Gasteiger partial charge in [-0.15, -0.1) is 24.0 Å². The molecule has 1 aromatic heterocycles. The van der Waals surface area contributed by atoms with Crippen molar-refractivity contribution in [3.8, 4) is 0 Å². The van der Waals surface area contributed by atoms with Crippen LogP contribution < -0.4 is 5.32 Å². The smallest absolute Gasteiger partial charge is 0.261 e. The topological polar surface area (TPSA) is 29.1 Å². The fourth-order valence-corrected chi connectivity index (χ4v) is 1.89. The van der Waals surface area contributed by atoms with Gasteiger partial charge in [0.1, 0.15) is 0 Å². The van der Waals surface area contributed by atoms with E-state index in [1.54, 1.807) is 6.07 Å². The molecule has 0 atom stereocenters. The molecule has 0 saturated heterocycles. The van der Waals surface area contributed by atoms with E-state index in [0.717, 1.165) is 4.90 Å². The number of nitrogens with one attached hydrogen (secondary N) is 1. The largest absolute Gasteiger partial charge is 0.347 e. The van der Waals surface area contributed by atoms with Crippen molar-refractivity contribution in [3.63, 3.8) is 0 Å². The van der Waals surface area contributed by atoms with Crippen LogP contribution in [0.3, 0.4) is 0 Å². The molecular formula is C9H13NOS2. The van der Waals surface area contributed by atoms with Crippen LogP contribution in [0.25, 0.3) is 0 Å². The lowest BCUT2D eigenvalue weighted by Gasteiger charge is -2.19. The van der Waals surface area contributed by atoms with Crippen LogP contribution in [-0.4, -0.2) is 11.4 Å². The zero-order valence-electron chi connectivity index (χ0n) is 7.92. The first kappa shape index (κ1) is 10.6. The summed E-state index contributed by atoms with van der Waals surface area (Å²) < 4.78 is 0. The van der Waals surface area contributed by atoms with Gasteiger partial charge in [-0.1, -0.05) is 0 Å². The molecule has 2 nitrogen and oxygen atoms in total. The van der Waals surface area contributed by atoms with Crippen molar-refractivity contribution in [2.45, 2.75) is 31.2 Å². The van der Waals surface area contributed by atoms with Gasteiger partial charge in [0.2, 0.25) is 0 Å². The Bertz CT molecular complexity index is 312. The molecule has 0 spiro atoms. The minimum absolute atomic E-state index is 0.0298. The standard InChI is InChI=1S/C9H13NOS2/c1-9(2,3)10-8(11)7-4-6(12)5-13-7/h4-5,12H,1-3H3,(H,10,11). The molecule has 0 aliphatic carbocycles. The van der Waals surface area contributed by atoms with Crippen molar-refractivity contribution in [1.82, 2.24) is 5.32 Å². The summed E-state index contributed by atoms with van der Waals surface area (Å²) in [7, 11) is 0. The number of carbonyl (C=O) groups excluding carboxylic acids is 1. The van der Waals surface area contributed by atoms with Gasteiger partial charge in [-0.05, 0) is 26.8 Å². The third kappa shape index (κ3) is 3.40. The van der Waals surface area contributed by atoms with Gasteiger partial charge in [0.05, 0.1) is 4.88 Å². The number of thiophene rings is 1. The van der Waals surface area contributed by atoms with Crippen LogP contribution in [-0.2, 0) is 0 Å². The lowest BCUT2D eigenvalue weighted by molar-refractivity contribution is 0.0923. The van der Waals surface area contributed by atoms with Crippen LogP contribution in [0.2, 0.25) is 0 Å². The van der Waals surface area contributed by atoms with Gasteiger partial charge < -0.3 is 5.32 Å². The molecule has 0 saturated carbocycles. The normalized spacial score (nSPS) is 11.4. The van der Waals surface area contributed by atoms with Crippen LogP contribution in [0, 0.1) is 0 Å². The van der Waals surface area contributed by atoms with E-state index in [0.29, 0.717) is 4.88 Å². The van der Waals surface area contributed by atoms with Gasteiger partial charge in [-0.25, -0.2) is 0 Å². The highest BCUT2D eigenvalue weighted by Gasteiger charge is 2.16. The molecule has 1 amide bonds. The molecule has 4 heteroatoms. The summed E-state index contributed by atoms with van der Waals surface area (Å²) >= 11 is 5.55. The first-order valence-electron chi connectivity index (χ1n) is 3.98. The van der Waals surface area contributed by atoms with Crippen molar-refractivity contribution in [2.75, 3.05) is 0 Å². The fourth-order valence-electron chi connectivity index (χ4n) is 0.847. The van der Waals surface area contributed by atoms with E-state index in [9.17, 15) is 4.79 Å². The van der Waals surface area contributed by atoms with Crippen molar-refractivity contribution in [3.05, 3.63) is 16.3 Å². The molecule has 0 fully saturated rings. The lowest BCUT2D eigenvalue weighted by Crippen LogP contribution is -2.40. The first-order valence-corrected chi connectivity index (χ1v) is 5.31. The van der Waals surface area contributed by atoms with E-state index < -0.39 is 0 Å². The monoisotopic (exact) mass is 215 g/mol. The molecule has 72 valence electrons. The van der Waals surface area contributed by atoms with Crippen LogP contribution in [0.4, 0.5) is 0 Å². The number of carbonyl (C=O) groups is 1. The molecule has 0 aliphatic rings. The zero-order chi connectivity index (χ0) is 10.1. The maximum absolute atomic E-state index is 11.5. The van der Waals surface area contributed by atoms with E-state index in [4.69, 9.17) is 0 Å². The average molecular weight is 215 g/mol. The maximum Gasteiger partial charge on any atom is 0.261 e. The molecule has 13 heavy (non-hydrogen) atoms. The Morgan fingerprint density at radius 2 is 2.15 bits per heavy atom. The summed E-state index contributed by atoms with van der Waals surface area (Å²) in [5.41, 5.74) is -0.183. The molecule has 1 heterocycles. The molecular weight excluding hydrogens is 202 g/mol. The van der Waals surface area contributed by atoms with E-state index in [1.165, 1.54) is 11.3 Å². The van der Waals surface area contributed by atoms with Crippen LogP contribution >= 0.6 is 24.0 Å². The minimum atomic E-state index is -0.183. The summed E-state index contributed by atoms with van der Waals surface area (Å²) in [6.07, 6.45) is 0. The predicted molar refractivity (Wildman–Crippen MR) is 58.8 cm³/mol. The van der Waals surface area contributed by atoms with Crippen molar-refractivity contribution >= 4 is 29.9 Å². The summed E-state index contributed by atoms with van der Waals surface area (Å²) in [6.45, 7) is 5.88. The first-order chi connectivity index (χ1) is 5.88. The van der Waals surface area contributed by atoms with Crippen LogP contribution in [0.15, 0.2) is 16.3 Å². The van der Waals surface area contributed by atoms with E-state index in [-0.39, 0.29) is 11.4 Å². The predicted octanol–water partition coefficient (Wildman–Crippen LogP) is 2.57. The van der Waals surface area contributed by atoms with Gasteiger partial charge in [-0.2, -0.15) is 0 Å². The maximum atomic E-state index is 11.5. The molecule has 1 rings (SSSR count). The molecule has 0 aromatic carbocycles. The Hall–Kier alpha value is -0.480. The fraction of sp³-hybridized carbons (Fsp3) is 0.444. The van der Waals surface area contributed by atoms with E-state index >= 15 is 0 Å². The van der Waals surface area contributed by atoms with Crippen LogP contribution in [0.1, 0.15) is 30.4 Å². The average Bonchev–Trinajstić information content (AvgIpc) is 2.31. The third-order valence-electron chi connectivity index (χ3n) is 1.30. The molecule has 1 N–H and O–H groups in total. The Morgan fingerprint density at radius 1 is 1.54 bits per heavy atom. The Labute approximate surface area is 87.8 Å². The number of hydrogen-bond acceptors (Lipinski definition) is 3. The van der Waals surface area contributed by atoms with Gasteiger partial charge in [0.15, 0.2) is 0 Å². The SMILES string of the molecule is CC(C)(C)NC(=O)c1cc(S)cs1. The number of rotatable bonds is 1. The second-order valence-electron chi connectivity index (χ2n) is 3.87. The van der Waals surface area contributed by atoms with Gasteiger partial charge in [-0.3, -0.25) is 4.79 Å². The number of thiol groups is 1.